The van der Waals surface area contributed by atoms with Crippen LogP contribution in [0.25, 0.3) is 11.0 Å². The first-order valence-corrected chi connectivity index (χ1v) is 18.5. The number of amides is 2. The first-order valence-electron chi connectivity index (χ1n) is 14.8. The summed E-state index contributed by atoms with van der Waals surface area (Å²) in [7, 11) is 0.384. The Hall–Kier alpha value is -2.79. The molecule has 0 spiro atoms. The monoisotopic (exact) mass is 588 g/mol. The average Bonchev–Trinajstić information content (AvgIpc) is 3.47. The van der Waals surface area contributed by atoms with Gasteiger partial charge in [0, 0.05) is 58.8 Å². The number of carbonyl (C=O) groups excluding carboxylic acids is 2. The van der Waals surface area contributed by atoms with Crippen molar-refractivity contribution in [3.8, 4) is 11.5 Å². The van der Waals surface area contributed by atoms with Gasteiger partial charge in [0.25, 0.3) is 0 Å². The fourth-order valence-corrected chi connectivity index (χ4v) is 6.01. The van der Waals surface area contributed by atoms with Crippen molar-refractivity contribution >= 4 is 37.1 Å². The highest BCUT2D eigenvalue weighted by Crippen LogP contribution is 2.40. The lowest BCUT2D eigenvalue weighted by Gasteiger charge is -2.39. The Labute approximate surface area is 245 Å². The van der Waals surface area contributed by atoms with Crippen LogP contribution in [0.2, 0.25) is 25.7 Å². The van der Waals surface area contributed by atoms with E-state index < -0.39 is 13.7 Å². The van der Waals surface area contributed by atoms with Gasteiger partial charge in [-0.1, -0.05) is 32.5 Å². The number of likely N-dealkylation sites (tertiary alicyclic amines) is 1. The number of hydrogen-bond donors (Lipinski definition) is 0. The SMILES string of the molecule is COc1cc2c(cc1OCC1CN(C(=O)OC(C)(C)C)C1)nc(N(COCC[Si](C)(C)C)C(C)=O)n2C1CCCC1. The van der Waals surface area contributed by atoms with Crippen LogP contribution >= 0.6 is 0 Å². The lowest BCUT2D eigenvalue weighted by Crippen LogP contribution is -2.53. The lowest BCUT2D eigenvalue weighted by molar-refractivity contribution is -0.117. The Balaban J connectivity index is 1.53. The van der Waals surface area contributed by atoms with Crippen LogP contribution in [0, 0.1) is 5.92 Å². The van der Waals surface area contributed by atoms with Crippen molar-refractivity contribution in [2.24, 2.45) is 5.92 Å². The molecule has 2 heterocycles. The molecule has 228 valence electrons. The molecule has 1 saturated heterocycles. The van der Waals surface area contributed by atoms with Crippen LogP contribution in [-0.4, -0.2) is 80.3 Å². The minimum Gasteiger partial charge on any atom is -0.493 e. The van der Waals surface area contributed by atoms with E-state index in [1.54, 1.807) is 23.8 Å². The molecule has 2 fully saturated rings. The van der Waals surface area contributed by atoms with E-state index in [2.05, 4.69) is 24.2 Å². The molecule has 41 heavy (non-hydrogen) atoms. The van der Waals surface area contributed by atoms with E-state index in [4.69, 9.17) is 23.9 Å². The fourth-order valence-electron chi connectivity index (χ4n) is 5.26. The van der Waals surface area contributed by atoms with E-state index in [1.807, 2.05) is 32.9 Å². The Morgan fingerprint density at radius 2 is 1.78 bits per heavy atom. The van der Waals surface area contributed by atoms with E-state index in [0.29, 0.717) is 43.8 Å². The van der Waals surface area contributed by atoms with Crippen molar-refractivity contribution in [1.82, 2.24) is 14.5 Å². The number of fused-ring (bicyclic) bond motifs is 1. The Bertz CT molecular complexity index is 1220. The summed E-state index contributed by atoms with van der Waals surface area (Å²) in [5.41, 5.74) is 1.16. The number of rotatable bonds is 11. The van der Waals surface area contributed by atoms with Crippen LogP contribution < -0.4 is 14.4 Å². The van der Waals surface area contributed by atoms with Gasteiger partial charge in [-0.3, -0.25) is 9.69 Å². The van der Waals surface area contributed by atoms with Crippen molar-refractivity contribution in [2.75, 3.05) is 45.0 Å². The number of nitrogens with zero attached hydrogens (tertiary/aromatic N) is 4. The summed E-state index contributed by atoms with van der Waals surface area (Å²) < 4.78 is 25.6. The highest BCUT2D eigenvalue weighted by Gasteiger charge is 2.34. The maximum absolute atomic E-state index is 12.9. The number of hydrogen-bond acceptors (Lipinski definition) is 7. The summed E-state index contributed by atoms with van der Waals surface area (Å²) in [4.78, 5) is 33.4. The number of imidazole rings is 1. The van der Waals surface area contributed by atoms with E-state index >= 15 is 0 Å². The molecule has 0 unspecified atom stereocenters. The molecule has 2 aliphatic rings. The molecule has 0 radical (unpaired) electrons. The van der Waals surface area contributed by atoms with Crippen LogP contribution in [-0.2, 0) is 14.3 Å². The predicted molar refractivity (Wildman–Crippen MR) is 163 cm³/mol. The van der Waals surface area contributed by atoms with Gasteiger partial charge in [-0.2, -0.15) is 0 Å². The molecule has 2 amide bonds. The average molecular weight is 589 g/mol. The molecule has 2 aromatic rings. The topological polar surface area (TPSA) is 95.4 Å². The van der Waals surface area contributed by atoms with Crippen LogP contribution in [0.4, 0.5) is 10.7 Å². The van der Waals surface area contributed by atoms with Crippen LogP contribution in [0.15, 0.2) is 12.1 Å². The first kappa shape index (κ1) is 31.1. The molecule has 1 aliphatic heterocycles. The van der Waals surface area contributed by atoms with Gasteiger partial charge >= 0.3 is 6.09 Å². The number of anilines is 1. The number of aromatic nitrogens is 2. The van der Waals surface area contributed by atoms with Gasteiger partial charge in [0.15, 0.2) is 11.5 Å². The number of carbonyl (C=O) groups is 2. The van der Waals surface area contributed by atoms with Gasteiger partial charge in [-0.25, -0.2) is 9.78 Å². The molecular weight excluding hydrogens is 540 g/mol. The quantitative estimate of drug-likeness (QED) is 0.179. The summed E-state index contributed by atoms with van der Waals surface area (Å²) in [5.74, 6) is 1.93. The molecule has 1 saturated carbocycles. The van der Waals surface area contributed by atoms with Crippen LogP contribution in [0.1, 0.15) is 59.4 Å². The highest BCUT2D eigenvalue weighted by molar-refractivity contribution is 6.76. The minimum absolute atomic E-state index is 0.101. The van der Waals surface area contributed by atoms with Gasteiger partial charge in [0.1, 0.15) is 12.3 Å². The second-order valence-corrected chi connectivity index (χ2v) is 19.2. The van der Waals surface area contributed by atoms with Gasteiger partial charge in [-0.15, -0.1) is 0 Å². The van der Waals surface area contributed by atoms with Gasteiger partial charge < -0.3 is 28.4 Å². The third-order valence-corrected chi connectivity index (χ3v) is 9.27. The molecule has 0 N–H and O–H groups in total. The van der Waals surface area contributed by atoms with E-state index in [9.17, 15) is 9.59 Å². The van der Waals surface area contributed by atoms with E-state index in [1.165, 1.54) is 0 Å². The van der Waals surface area contributed by atoms with Crippen LogP contribution in [0.3, 0.4) is 0 Å². The predicted octanol–water partition coefficient (Wildman–Crippen LogP) is 6.07. The molecule has 0 bridgehead atoms. The number of benzene rings is 1. The molecule has 1 aromatic heterocycles. The minimum atomic E-state index is -1.25. The van der Waals surface area contributed by atoms with Gasteiger partial charge in [-0.05, 0) is 39.7 Å². The van der Waals surface area contributed by atoms with E-state index in [-0.39, 0.29) is 30.7 Å². The third kappa shape index (κ3) is 7.94. The molecule has 4 rings (SSSR count). The molecule has 1 aliphatic carbocycles. The first-order chi connectivity index (χ1) is 19.3. The summed E-state index contributed by atoms with van der Waals surface area (Å²) in [6, 6.07) is 5.16. The standard InChI is InChI=1S/C30H48N4O6Si/c1-21(35)33(20-38-13-14-41(6,7)8)28-31-24-15-27(26(37-5)16-25(24)34(28)23-11-9-10-12-23)39-19-22-17-32(18-22)29(36)40-30(2,3)4/h15-16,22-23H,9-14,17-20H2,1-8H3. The smallest absolute Gasteiger partial charge is 0.410 e. The molecule has 0 atom stereocenters. The van der Waals surface area contributed by atoms with Crippen molar-refractivity contribution in [3.63, 3.8) is 0 Å². The number of methoxy groups -OCH3 is 1. The van der Waals surface area contributed by atoms with Crippen molar-refractivity contribution in [3.05, 3.63) is 12.1 Å². The Morgan fingerprint density at radius 3 is 2.37 bits per heavy atom. The molecular formula is C30H48N4O6Si. The number of ether oxygens (including phenoxy) is 4. The molecule has 10 nitrogen and oxygen atoms in total. The van der Waals surface area contributed by atoms with Crippen molar-refractivity contribution < 1.29 is 28.5 Å². The Kier molecular flexibility index (Phi) is 9.58. The van der Waals surface area contributed by atoms with Crippen LogP contribution in [0.5, 0.6) is 11.5 Å². The van der Waals surface area contributed by atoms with Crippen molar-refractivity contribution in [2.45, 2.75) is 90.7 Å². The maximum atomic E-state index is 12.9. The fraction of sp³-hybridized carbons (Fsp3) is 0.700. The summed E-state index contributed by atoms with van der Waals surface area (Å²) >= 11 is 0. The summed E-state index contributed by atoms with van der Waals surface area (Å²) in [6.07, 6.45) is 4.08. The molecule has 1 aromatic carbocycles. The van der Waals surface area contributed by atoms with E-state index in [0.717, 1.165) is 42.8 Å². The zero-order valence-electron chi connectivity index (χ0n) is 26.1. The van der Waals surface area contributed by atoms with Gasteiger partial charge in [0.05, 0.1) is 24.8 Å². The Morgan fingerprint density at radius 1 is 1.10 bits per heavy atom. The highest BCUT2D eigenvalue weighted by atomic mass is 28.3. The summed E-state index contributed by atoms with van der Waals surface area (Å²) in [5, 5.41) is 0. The second kappa shape index (κ2) is 12.6. The second-order valence-electron chi connectivity index (χ2n) is 13.6. The van der Waals surface area contributed by atoms with Crippen molar-refractivity contribution in [1.29, 1.82) is 0 Å². The van der Waals surface area contributed by atoms with Gasteiger partial charge in [0.2, 0.25) is 11.9 Å². The lowest BCUT2D eigenvalue weighted by atomic mass is 10.0. The normalized spacial score (nSPS) is 16.6. The summed E-state index contributed by atoms with van der Waals surface area (Å²) in [6.45, 7) is 16.5. The maximum Gasteiger partial charge on any atom is 0.410 e. The largest absolute Gasteiger partial charge is 0.493 e. The third-order valence-electron chi connectivity index (χ3n) is 7.57. The molecule has 11 heteroatoms. The zero-order chi connectivity index (χ0) is 29.9. The zero-order valence-corrected chi connectivity index (χ0v) is 27.1.